The molecule has 1 N–H and O–H groups in total. The molecule has 98 valence electrons. The van der Waals surface area contributed by atoms with Gasteiger partial charge in [-0.15, -0.1) is 11.8 Å². The Kier molecular flexibility index (Phi) is 4.30. The molecule has 3 nitrogen and oxygen atoms in total. The van der Waals surface area contributed by atoms with Crippen LogP contribution in [0.25, 0.3) is 0 Å². The molecule has 0 unspecified atom stereocenters. The number of rotatable bonds is 3. The molecule has 0 amide bonds. The molecule has 0 saturated heterocycles. The number of hydrogen-bond donors (Lipinski definition) is 1. The Hall–Kier alpha value is -2.43. The summed E-state index contributed by atoms with van der Waals surface area (Å²) in [7, 11) is 0. The van der Waals surface area contributed by atoms with Gasteiger partial charge >= 0.3 is 0 Å². The lowest BCUT2D eigenvalue weighted by molar-refractivity contribution is 1.34. The Morgan fingerprint density at radius 1 is 0.950 bits per heavy atom. The van der Waals surface area contributed by atoms with Gasteiger partial charge in [-0.25, -0.2) is 0 Å². The highest BCUT2D eigenvalue weighted by Crippen LogP contribution is 2.30. The van der Waals surface area contributed by atoms with Crippen LogP contribution in [-0.4, -0.2) is 6.26 Å². The molecule has 4 heteroatoms. The van der Waals surface area contributed by atoms with Crippen molar-refractivity contribution < 1.29 is 0 Å². The molecule has 2 aromatic carbocycles. The van der Waals surface area contributed by atoms with Gasteiger partial charge in [0, 0.05) is 4.90 Å². The number of benzene rings is 2. The second kappa shape index (κ2) is 6.14. The molecule has 0 radical (unpaired) electrons. The molecule has 0 aliphatic carbocycles. The Morgan fingerprint density at radius 3 is 2.15 bits per heavy atom. The zero-order chi connectivity index (χ0) is 14.5. The second-order valence-electron chi connectivity index (χ2n) is 4.23. The third-order valence-corrected chi connectivity index (χ3v) is 3.79. The molecule has 0 bridgehead atoms. The number of nitriles is 2. The largest absolute Gasteiger partial charge is 0.353 e. The number of nitrogens with one attached hydrogen (secondary N) is 1. The van der Waals surface area contributed by atoms with Crippen LogP contribution in [0.4, 0.5) is 11.4 Å². The average molecular weight is 279 g/mol. The van der Waals surface area contributed by atoms with E-state index < -0.39 is 0 Å². The van der Waals surface area contributed by atoms with Crippen molar-refractivity contribution in [3.05, 3.63) is 53.1 Å². The van der Waals surface area contributed by atoms with Crippen LogP contribution in [0.2, 0.25) is 0 Å². The van der Waals surface area contributed by atoms with Crippen molar-refractivity contribution in [3.8, 4) is 12.1 Å². The summed E-state index contributed by atoms with van der Waals surface area (Å²) in [6, 6.07) is 15.7. The molecule has 0 spiro atoms. The third kappa shape index (κ3) is 2.61. The summed E-state index contributed by atoms with van der Waals surface area (Å²) >= 11 is 1.53. The van der Waals surface area contributed by atoms with Gasteiger partial charge < -0.3 is 5.32 Å². The highest BCUT2D eigenvalue weighted by atomic mass is 32.2. The number of anilines is 2. The molecular formula is C16H13N3S. The fraction of sp³-hybridized carbons (Fsp3) is 0.125. The molecule has 2 rings (SSSR count). The summed E-state index contributed by atoms with van der Waals surface area (Å²) in [5, 5.41) is 21.8. The van der Waals surface area contributed by atoms with Crippen LogP contribution in [0.1, 0.15) is 16.7 Å². The number of aryl methyl sites for hydroxylation is 1. The van der Waals surface area contributed by atoms with Crippen molar-refractivity contribution in [2.75, 3.05) is 11.6 Å². The van der Waals surface area contributed by atoms with Gasteiger partial charge in [0.25, 0.3) is 0 Å². The fourth-order valence-corrected chi connectivity index (χ4v) is 2.56. The minimum atomic E-state index is 0.602. The van der Waals surface area contributed by atoms with Crippen molar-refractivity contribution in [1.29, 1.82) is 10.5 Å². The highest BCUT2D eigenvalue weighted by molar-refractivity contribution is 7.98. The van der Waals surface area contributed by atoms with E-state index in [-0.39, 0.29) is 0 Å². The van der Waals surface area contributed by atoms with E-state index in [0.717, 1.165) is 21.8 Å². The Labute approximate surface area is 122 Å². The van der Waals surface area contributed by atoms with Gasteiger partial charge in [0.05, 0.1) is 22.5 Å². The predicted molar refractivity (Wildman–Crippen MR) is 82.1 cm³/mol. The van der Waals surface area contributed by atoms with Crippen molar-refractivity contribution >= 4 is 23.1 Å². The van der Waals surface area contributed by atoms with Crippen LogP contribution in [-0.2, 0) is 0 Å². The molecular weight excluding hydrogens is 266 g/mol. The minimum absolute atomic E-state index is 0.602. The minimum Gasteiger partial charge on any atom is -0.353 e. The first-order valence-electron chi connectivity index (χ1n) is 6.05. The van der Waals surface area contributed by atoms with Gasteiger partial charge in [0.2, 0.25) is 0 Å². The lowest BCUT2D eigenvalue weighted by atomic mass is 10.1. The lowest BCUT2D eigenvalue weighted by Gasteiger charge is -2.12. The molecule has 0 saturated carbocycles. The van der Waals surface area contributed by atoms with E-state index in [1.165, 1.54) is 11.8 Å². The Bertz CT molecular complexity index is 723. The van der Waals surface area contributed by atoms with E-state index >= 15 is 0 Å². The van der Waals surface area contributed by atoms with Gasteiger partial charge in [-0.1, -0.05) is 18.2 Å². The Morgan fingerprint density at radius 2 is 1.55 bits per heavy atom. The quantitative estimate of drug-likeness (QED) is 0.855. The fourth-order valence-electron chi connectivity index (χ4n) is 1.99. The maximum Gasteiger partial charge on any atom is 0.103 e. The molecule has 0 heterocycles. The number of hydrogen-bond acceptors (Lipinski definition) is 4. The van der Waals surface area contributed by atoms with Crippen molar-refractivity contribution in [2.24, 2.45) is 0 Å². The summed E-state index contributed by atoms with van der Waals surface area (Å²) in [5.74, 6) is 0. The summed E-state index contributed by atoms with van der Waals surface area (Å²) in [6.07, 6.45) is 1.94. The smallest absolute Gasteiger partial charge is 0.103 e. The number of nitrogens with zero attached hydrogens (tertiary/aromatic N) is 2. The topological polar surface area (TPSA) is 59.6 Å². The van der Waals surface area contributed by atoms with Gasteiger partial charge in [0.15, 0.2) is 0 Å². The van der Waals surface area contributed by atoms with Crippen LogP contribution in [0.3, 0.4) is 0 Å². The maximum absolute atomic E-state index is 9.32. The summed E-state index contributed by atoms with van der Waals surface area (Å²) in [6.45, 7) is 1.90. The monoisotopic (exact) mass is 279 g/mol. The first-order valence-corrected chi connectivity index (χ1v) is 7.27. The summed E-state index contributed by atoms with van der Waals surface area (Å²) in [4.78, 5) is 0.920. The van der Waals surface area contributed by atoms with E-state index in [4.69, 9.17) is 0 Å². The molecule has 0 aliphatic heterocycles. The van der Waals surface area contributed by atoms with Gasteiger partial charge in [-0.3, -0.25) is 0 Å². The van der Waals surface area contributed by atoms with Crippen LogP contribution in [0, 0.1) is 29.6 Å². The van der Waals surface area contributed by atoms with Crippen LogP contribution in [0.5, 0.6) is 0 Å². The molecule has 0 aliphatic rings. The first-order chi connectivity index (χ1) is 9.71. The predicted octanol–water partition coefficient (Wildman–Crippen LogP) is 4.20. The summed E-state index contributed by atoms with van der Waals surface area (Å²) < 4.78 is 0. The van der Waals surface area contributed by atoms with E-state index in [2.05, 4.69) is 17.5 Å². The van der Waals surface area contributed by atoms with E-state index in [1.807, 2.05) is 49.6 Å². The number of thioether (sulfide) groups is 1. The van der Waals surface area contributed by atoms with Crippen molar-refractivity contribution in [3.63, 3.8) is 0 Å². The molecule has 0 atom stereocenters. The van der Waals surface area contributed by atoms with Gasteiger partial charge in [0.1, 0.15) is 12.1 Å². The molecule has 2 aromatic rings. The van der Waals surface area contributed by atoms with Crippen LogP contribution < -0.4 is 5.32 Å². The molecule has 20 heavy (non-hydrogen) atoms. The van der Waals surface area contributed by atoms with Gasteiger partial charge in [-0.2, -0.15) is 10.5 Å². The van der Waals surface area contributed by atoms with E-state index in [9.17, 15) is 10.5 Å². The molecule has 0 aromatic heterocycles. The average Bonchev–Trinajstić information content (AvgIpc) is 2.47. The normalized spacial score (nSPS) is 9.60. The van der Waals surface area contributed by atoms with Gasteiger partial charge in [-0.05, 0) is 36.9 Å². The van der Waals surface area contributed by atoms with Crippen LogP contribution >= 0.6 is 11.8 Å². The maximum atomic E-state index is 9.32. The van der Waals surface area contributed by atoms with Crippen molar-refractivity contribution in [2.45, 2.75) is 11.8 Å². The van der Waals surface area contributed by atoms with E-state index in [1.54, 1.807) is 0 Å². The molecule has 0 fully saturated rings. The zero-order valence-corrected chi connectivity index (χ0v) is 12.1. The van der Waals surface area contributed by atoms with Crippen molar-refractivity contribution in [1.82, 2.24) is 0 Å². The third-order valence-electron chi connectivity index (χ3n) is 3.01. The zero-order valence-electron chi connectivity index (χ0n) is 11.3. The standard InChI is InChI=1S/C16H13N3S/c1-11-5-3-6-14(12(11)9-17)19-15-7-4-8-16(20-2)13(15)10-18/h3-8,19H,1-2H3. The summed E-state index contributed by atoms with van der Waals surface area (Å²) in [5.41, 5.74) is 3.57. The highest BCUT2D eigenvalue weighted by Gasteiger charge is 2.10. The SMILES string of the molecule is CSc1cccc(Nc2cccc(C)c2C#N)c1C#N. The van der Waals surface area contributed by atoms with E-state index in [0.29, 0.717) is 11.1 Å². The lowest BCUT2D eigenvalue weighted by Crippen LogP contribution is -1.98. The van der Waals surface area contributed by atoms with Crippen LogP contribution in [0.15, 0.2) is 41.3 Å². The first kappa shape index (κ1) is 14.0. The Balaban J connectivity index is 2.50. The second-order valence-corrected chi connectivity index (χ2v) is 5.08.